The number of piperidine rings is 1. The summed E-state index contributed by atoms with van der Waals surface area (Å²) in [4.78, 5) is 14.6. The Hall–Kier alpha value is -2.33. The highest BCUT2D eigenvalue weighted by Gasteiger charge is 2.23. The molecule has 172 valence electrons. The van der Waals surface area contributed by atoms with Crippen molar-refractivity contribution >= 4 is 34.8 Å². The third-order valence-corrected chi connectivity index (χ3v) is 7.15. The largest absolute Gasteiger partial charge is 0.349 e. The first kappa shape index (κ1) is 23.8. The van der Waals surface area contributed by atoms with Gasteiger partial charge in [0.15, 0.2) is 0 Å². The van der Waals surface area contributed by atoms with Crippen molar-refractivity contribution in [3.63, 3.8) is 0 Å². The average Bonchev–Trinajstić information content (AvgIpc) is 2.85. The van der Waals surface area contributed by atoms with E-state index in [1.54, 1.807) is 0 Å². The first-order valence-corrected chi connectivity index (χ1v) is 12.5. The van der Waals surface area contributed by atoms with Gasteiger partial charge in [-0.15, -0.1) is 0 Å². The molecule has 4 rings (SSSR count). The molecule has 1 heterocycles. The second-order valence-corrected chi connectivity index (χ2v) is 9.87. The Morgan fingerprint density at radius 3 is 2.03 bits per heavy atom. The Kier molecular flexibility index (Phi) is 8.08. The van der Waals surface area contributed by atoms with E-state index in [4.69, 9.17) is 23.2 Å². The average molecular weight is 482 g/mol. The molecule has 1 saturated heterocycles. The molecule has 1 fully saturated rings. The molecule has 33 heavy (non-hydrogen) atoms. The maximum absolute atomic E-state index is 13.1. The zero-order valence-electron chi connectivity index (χ0n) is 19.0. The van der Waals surface area contributed by atoms with Gasteiger partial charge in [-0.3, -0.25) is 4.79 Å². The van der Waals surface area contributed by atoms with Crippen molar-refractivity contribution in [1.29, 1.82) is 0 Å². The van der Waals surface area contributed by atoms with Crippen molar-refractivity contribution in [3.05, 3.63) is 99.5 Å². The zero-order chi connectivity index (χ0) is 23.2. The van der Waals surface area contributed by atoms with E-state index < -0.39 is 0 Å². The highest BCUT2D eigenvalue weighted by atomic mass is 35.5. The molecule has 0 aliphatic carbocycles. The minimum Gasteiger partial charge on any atom is -0.349 e. The summed E-state index contributed by atoms with van der Waals surface area (Å²) in [5, 5.41) is 4.66. The lowest BCUT2D eigenvalue weighted by atomic mass is 9.86. The summed E-state index contributed by atoms with van der Waals surface area (Å²) in [7, 11) is 0. The molecule has 2 atom stereocenters. The van der Waals surface area contributed by atoms with E-state index in [1.165, 1.54) is 48.5 Å². The summed E-state index contributed by atoms with van der Waals surface area (Å²) in [6.07, 6.45) is 4.66. The van der Waals surface area contributed by atoms with Crippen molar-refractivity contribution in [3.8, 4) is 0 Å². The summed E-state index contributed by atoms with van der Waals surface area (Å²) in [5.74, 6) is 0.0576. The fourth-order valence-electron chi connectivity index (χ4n) is 4.68. The van der Waals surface area contributed by atoms with Gasteiger partial charge in [-0.25, -0.2) is 0 Å². The van der Waals surface area contributed by atoms with Crippen molar-refractivity contribution < 1.29 is 9.69 Å². The van der Waals surface area contributed by atoms with Crippen molar-refractivity contribution in [2.75, 3.05) is 13.1 Å². The van der Waals surface area contributed by atoms with Gasteiger partial charge in [-0.2, -0.15) is 0 Å². The molecule has 0 radical (unpaired) electrons. The number of quaternary nitrogens is 1. The topological polar surface area (TPSA) is 33.5 Å². The zero-order valence-corrected chi connectivity index (χ0v) is 20.5. The van der Waals surface area contributed by atoms with Crippen LogP contribution in [0.15, 0.2) is 72.8 Å². The second-order valence-electron chi connectivity index (χ2n) is 8.99. The van der Waals surface area contributed by atoms with Gasteiger partial charge in [0.25, 0.3) is 5.91 Å². The predicted molar refractivity (Wildman–Crippen MR) is 137 cm³/mol. The number of carbonyl (C=O) groups is 1. The highest BCUT2D eigenvalue weighted by Crippen LogP contribution is 2.27. The summed E-state index contributed by atoms with van der Waals surface area (Å²) in [5.41, 5.74) is 4.30. The maximum atomic E-state index is 13.1. The summed E-state index contributed by atoms with van der Waals surface area (Å²) < 4.78 is 0. The lowest BCUT2D eigenvalue weighted by molar-refractivity contribution is -0.838. The summed E-state index contributed by atoms with van der Waals surface area (Å²) in [6.45, 7) is 4.42. The van der Waals surface area contributed by atoms with Crippen LogP contribution >= 0.6 is 23.2 Å². The standard InChI is InChI=1S/C28H30Cl2N2O/c1-20(31-28(33)23-9-15-26(16-10-23)32-17-3-2-4-18-32)27(22-7-13-25(30)14-8-22)19-21-5-11-24(29)12-6-21/h5-16,20,27H,2-4,17-19H2,1H3,(H,31,33)/p+1/t20-,27+/m1/s1. The molecule has 0 aromatic heterocycles. The quantitative estimate of drug-likeness (QED) is 0.436. The van der Waals surface area contributed by atoms with Gasteiger partial charge < -0.3 is 10.2 Å². The first-order chi connectivity index (χ1) is 16.0. The lowest BCUT2D eigenvalue weighted by Crippen LogP contribution is -3.08. The Morgan fingerprint density at radius 2 is 1.42 bits per heavy atom. The van der Waals surface area contributed by atoms with Gasteiger partial charge in [0.05, 0.1) is 13.1 Å². The van der Waals surface area contributed by atoms with Gasteiger partial charge in [0.1, 0.15) is 5.69 Å². The number of rotatable bonds is 7. The number of amides is 1. The molecule has 0 saturated carbocycles. The molecule has 5 heteroatoms. The molecule has 2 N–H and O–H groups in total. The van der Waals surface area contributed by atoms with E-state index in [2.05, 4.69) is 24.4 Å². The van der Waals surface area contributed by atoms with Gasteiger partial charge in [-0.1, -0.05) is 47.5 Å². The summed E-state index contributed by atoms with van der Waals surface area (Å²) >= 11 is 12.2. The molecule has 0 spiro atoms. The predicted octanol–water partition coefficient (Wildman–Crippen LogP) is 5.84. The van der Waals surface area contributed by atoms with Gasteiger partial charge >= 0.3 is 0 Å². The number of nitrogens with one attached hydrogen (secondary N) is 2. The van der Waals surface area contributed by atoms with Crippen molar-refractivity contribution in [2.24, 2.45) is 0 Å². The minimum absolute atomic E-state index is 0.0437. The number of hydrogen-bond donors (Lipinski definition) is 2. The van der Waals surface area contributed by atoms with Crippen molar-refractivity contribution in [2.45, 2.75) is 44.6 Å². The van der Waals surface area contributed by atoms with E-state index in [0.717, 1.165) is 17.0 Å². The SMILES string of the molecule is C[C@@H](NC(=O)c1ccc([NH+]2CCCCC2)cc1)[C@H](Cc1ccc(Cl)cc1)c1ccc(Cl)cc1. The minimum atomic E-state index is -0.0678. The Morgan fingerprint density at radius 1 is 0.848 bits per heavy atom. The number of benzene rings is 3. The molecule has 3 nitrogen and oxygen atoms in total. The molecule has 0 unspecified atom stereocenters. The van der Waals surface area contributed by atoms with Crippen LogP contribution in [0.5, 0.6) is 0 Å². The molecular weight excluding hydrogens is 451 g/mol. The Balaban J connectivity index is 1.48. The lowest BCUT2D eigenvalue weighted by Gasteiger charge is -2.26. The maximum Gasteiger partial charge on any atom is 0.251 e. The van der Waals surface area contributed by atoms with Gasteiger partial charge in [0, 0.05) is 27.6 Å². The van der Waals surface area contributed by atoms with E-state index in [0.29, 0.717) is 10.6 Å². The van der Waals surface area contributed by atoms with Crippen molar-refractivity contribution in [1.82, 2.24) is 5.32 Å². The molecule has 1 amide bonds. The molecule has 3 aromatic rings. The molecule has 3 aromatic carbocycles. The number of carbonyl (C=O) groups excluding carboxylic acids is 1. The monoisotopic (exact) mass is 481 g/mol. The highest BCUT2D eigenvalue weighted by molar-refractivity contribution is 6.30. The molecule has 1 aliphatic rings. The fourth-order valence-corrected chi connectivity index (χ4v) is 4.93. The van der Waals surface area contributed by atoms with Crippen LogP contribution in [0.3, 0.4) is 0 Å². The Bertz CT molecular complexity index is 1040. The van der Waals surface area contributed by atoms with Crippen LogP contribution < -0.4 is 10.2 Å². The Labute approximate surface area is 206 Å². The third-order valence-electron chi connectivity index (χ3n) is 6.64. The van der Waals surface area contributed by atoms with E-state index in [1.807, 2.05) is 60.7 Å². The van der Waals surface area contributed by atoms with E-state index in [-0.39, 0.29) is 17.9 Å². The van der Waals surface area contributed by atoms with Crippen LogP contribution in [0.25, 0.3) is 0 Å². The van der Waals surface area contributed by atoms with Crippen LogP contribution in [0, 0.1) is 0 Å². The van der Waals surface area contributed by atoms with Gasteiger partial charge in [-0.05, 0) is 92.3 Å². The number of halogens is 2. The fraction of sp³-hybridized carbons (Fsp3) is 0.321. The first-order valence-electron chi connectivity index (χ1n) is 11.8. The van der Waals surface area contributed by atoms with E-state index in [9.17, 15) is 4.79 Å². The molecule has 0 bridgehead atoms. The van der Waals surface area contributed by atoms with E-state index >= 15 is 0 Å². The molecular formula is C28H31Cl2N2O+. The van der Waals surface area contributed by atoms with Crippen LogP contribution in [0.4, 0.5) is 5.69 Å². The smallest absolute Gasteiger partial charge is 0.251 e. The van der Waals surface area contributed by atoms with Crippen LogP contribution in [-0.4, -0.2) is 25.0 Å². The molecule has 1 aliphatic heterocycles. The number of hydrogen-bond acceptors (Lipinski definition) is 1. The second kappa shape index (κ2) is 11.2. The van der Waals surface area contributed by atoms with Gasteiger partial charge in [0.2, 0.25) is 0 Å². The normalized spacial score (nSPS) is 16.2. The third kappa shape index (κ3) is 6.38. The van der Waals surface area contributed by atoms with Crippen LogP contribution in [0.1, 0.15) is 53.6 Å². The summed E-state index contributed by atoms with van der Waals surface area (Å²) in [6, 6.07) is 23.8. The van der Waals surface area contributed by atoms with Crippen LogP contribution in [-0.2, 0) is 6.42 Å². The van der Waals surface area contributed by atoms with Crippen LogP contribution in [0.2, 0.25) is 10.0 Å².